The van der Waals surface area contributed by atoms with Crippen LogP contribution in [0.2, 0.25) is 0 Å². The molecule has 0 amide bonds. The number of rotatable bonds is 7. The normalized spacial score (nSPS) is 11.8. The van der Waals surface area contributed by atoms with Crippen molar-refractivity contribution in [2.45, 2.75) is 46.0 Å². The zero-order valence-corrected chi connectivity index (χ0v) is 12.1. The molecule has 0 saturated heterocycles. The topological polar surface area (TPSA) is 0 Å². The zero-order chi connectivity index (χ0) is 11.6. The third-order valence-electron chi connectivity index (χ3n) is 2.52. The molecular weight excluding hydrogens is 259 g/mol. The van der Waals surface area contributed by atoms with E-state index in [0.29, 0.717) is 15.0 Å². The third-order valence-corrected chi connectivity index (χ3v) is 5.09. The predicted molar refractivity (Wildman–Crippen MR) is 74.3 cm³/mol. The Labute approximate surface area is 106 Å². The van der Waals surface area contributed by atoms with Gasteiger partial charge in [0.2, 0.25) is 0 Å². The van der Waals surface area contributed by atoms with Gasteiger partial charge in [0.1, 0.15) is 0 Å². The summed E-state index contributed by atoms with van der Waals surface area (Å²) in [7, 11) is 0. The predicted octanol–water partition coefficient (Wildman–Crippen LogP) is 3.89. The summed E-state index contributed by atoms with van der Waals surface area (Å²) in [6.45, 7) is 4.54. The minimum absolute atomic E-state index is 0.544. The van der Waals surface area contributed by atoms with Crippen LogP contribution in [0.25, 0.3) is 0 Å². The van der Waals surface area contributed by atoms with Gasteiger partial charge in [0, 0.05) is 0 Å². The molecule has 16 heavy (non-hydrogen) atoms. The first-order chi connectivity index (χ1) is 7.86. The van der Waals surface area contributed by atoms with Crippen molar-refractivity contribution in [3.63, 3.8) is 0 Å². The van der Waals surface area contributed by atoms with Gasteiger partial charge in [0.25, 0.3) is 0 Å². The molecule has 1 rings (SSSR count). The van der Waals surface area contributed by atoms with E-state index in [1.54, 1.807) is 4.47 Å². The van der Waals surface area contributed by atoms with E-state index < -0.39 is 0 Å². The number of benzene rings is 1. The molecule has 1 aromatic carbocycles. The Morgan fingerprint density at radius 2 is 1.88 bits per heavy atom. The van der Waals surface area contributed by atoms with Crippen LogP contribution in [0.4, 0.5) is 0 Å². The first-order valence-electron chi connectivity index (χ1n) is 6.28. The van der Waals surface area contributed by atoms with Crippen molar-refractivity contribution in [2.24, 2.45) is 0 Å². The Balaban J connectivity index is 2.42. The van der Waals surface area contributed by atoms with Gasteiger partial charge in [0.05, 0.1) is 0 Å². The molecule has 0 unspecified atom stereocenters. The molecule has 0 aliphatic carbocycles. The van der Waals surface area contributed by atoms with E-state index in [0.717, 1.165) is 0 Å². The van der Waals surface area contributed by atoms with Crippen LogP contribution in [0.1, 0.15) is 46.0 Å². The van der Waals surface area contributed by atoms with Crippen molar-refractivity contribution in [1.29, 1.82) is 0 Å². The molecule has 0 aromatic heterocycles. The molecular formula is C15H22Se. The van der Waals surface area contributed by atoms with E-state index in [1.807, 2.05) is 0 Å². The second kappa shape index (κ2) is 8.61. The van der Waals surface area contributed by atoms with Crippen molar-refractivity contribution in [1.82, 2.24) is 0 Å². The average molecular weight is 281 g/mol. The monoisotopic (exact) mass is 282 g/mol. The molecule has 0 fully saturated rings. The van der Waals surface area contributed by atoms with Gasteiger partial charge in [-0.15, -0.1) is 0 Å². The SMILES string of the molecule is CCCCC/C=C(/CC)[Se]c1ccccc1. The third kappa shape index (κ3) is 5.53. The van der Waals surface area contributed by atoms with E-state index >= 15 is 0 Å². The Hall–Kier alpha value is -0.521. The summed E-state index contributed by atoms with van der Waals surface area (Å²) in [6.07, 6.45) is 8.99. The fraction of sp³-hybridized carbons (Fsp3) is 0.467. The summed E-state index contributed by atoms with van der Waals surface area (Å²) < 4.78 is 3.15. The number of hydrogen-bond donors (Lipinski definition) is 0. The Kier molecular flexibility index (Phi) is 7.29. The molecule has 0 N–H and O–H groups in total. The summed E-state index contributed by atoms with van der Waals surface area (Å²) in [4.78, 5) is 0. The molecule has 0 spiro atoms. The van der Waals surface area contributed by atoms with Crippen LogP contribution in [-0.2, 0) is 0 Å². The minimum atomic E-state index is 0.544. The maximum atomic E-state index is 2.47. The number of hydrogen-bond acceptors (Lipinski definition) is 0. The second-order valence-corrected chi connectivity index (χ2v) is 6.45. The standard InChI is InChI=1S/C15H22Se/c1-3-5-6-8-11-14(4-2)16-15-12-9-7-10-13-15/h7,9-13H,3-6,8H2,1-2H3/b14-11-. The van der Waals surface area contributed by atoms with Crippen molar-refractivity contribution >= 4 is 19.4 Å². The van der Waals surface area contributed by atoms with Gasteiger partial charge in [-0.1, -0.05) is 0 Å². The van der Waals surface area contributed by atoms with Gasteiger partial charge in [-0.2, -0.15) is 0 Å². The van der Waals surface area contributed by atoms with Crippen molar-refractivity contribution in [3.05, 3.63) is 40.9 Å². The maximum absolute atomic E-state index is 2.47. The number of unbranched alkanes of at least 4 members (excludes halogenated alkanes) is 3. The van der Waals surface area contributed by atoms with Crippen LogP contribution < -0.4 is 4.46 Å². The summed E-state index contributed by atoms with van der Waals surface area (Å²) in [5, 5.41) is 0. The molecule has 1 aromatic rings. The van der Waals surface area contributed by atoms with Crippen molar-refractivity contribution in [3.8, 4) is 0 Å². The van der Waals surface area contributed by atoms with Crippen LogP contribution in [-0.4, -0.2) is 15.0 Å². The molecule has 0 saturated carbocycles. The second-order valence-electron chi connectivity index (χ2n) is 3.93. The van der Waals surface area contributed by atoms with Gasteiger partial charge in [-0.25, -0.2) is 0 Å². The molecule has 0 heterocycles. The first kappa shape index (κ1) is 13.5. The van der Waals surface area contributed by atoms with Crippen LogP contribution in [0.5, 0.6) is 0 Å². The molecule has 1 heteroatoms. The Morgan fingerprint density at radius 1 is 1.12 bits per heavy atom. The van der Waals surface area contributed by atoms with Gasteiger partial charge >= 0.3 is 106 Å². The summed E-state index contributed by atoms with van der Waals surface area (Å²) in [6, 6.07) is 10.9. The quantitative estimate of drug-likeness (QED) is 0.525. The molecule has 0 atom stereocenters. The van der Waals surface area contributed by atoms with E-state index in [9.17, 15) is 0 Å². The zero-order valence-electron chi connectivity index (χ0n) is 10.4. The molecule has 0 aliphatic rings. The summed E-state index contributed by atoms with van der Waals surface area (Å²) in [5.74, 6) is 0. The fourth-order valence-corrected chi connectivity index (χ4v) is 3.53. The summed E-state index contributed by atoms with van der Waals surface area (Å²) >= 11 is 0.544. The van der Waals surface area contributed by atoms with E-state index in [4.69, 9.17) is 0 Å². The first-order valence-corrected chi connectivity index (χ1v) is 8.00. The van der Waals surface area contributed by atoms with E-state index in [1.165, 1.54) is 36.6 Å². The van der Waals surface area contributed by atoms with Gasteiger partial charge in [-0.3, -0.25) is 0 Å². The molecule has 0 radical (unpaired) electrons. The van der Waals surface area contributed by atoms with Crippen LogP contribution in [0.15, 0.2) is 40.9 Å². The Morgan fingerprint density at radius 3 is 2.50 bits per heavy atom. The molecule has 0 nitrogen and oxygen atoms in total. The van der Waals surface area contributed by atoms with Crippen molar-refractivity contribution < 1.29 is 0 Å². The van der Waals surface area contributed by atoms with Gasteiger partial charge < -0.3 is 0 Å². The van der Waals surface area contributed by atoms with Crippen molar-refractivity contribution in [2.75, 3.05) is 0 Å². The Bertz CT molecular complexity index is 300. The summed E-state index contributed by atoms with van der Waals surface area (Å²) in [5.41, 5.74) is 0. The average Bonchev–Trinajstić information content (AvgIpc) is 2.34. The number of allylic oxidation sites excluding steroid dienone is 2. The van der Waals surface area contributed by atoms with E-state index in [-0.39, 0.29) is 0 Å². The molecule has 0 aliphatic heterocycles. The van der Waals surface area contributed by atoms with Crippen LogP contribution in [0, 0.1) is 0 Å². The van der Waals surface area contributed by atoms with Crippen LogP contribution >= 0.6 is 0 Å². The molecule has 88 valence electrons. The fourth-order valence-electron chi connectivity index (χ4n) is 1.56. The van der Waals surface area contributed by atoms with Crippen LogP contribution in [0.3, 0.4) is 0 Å². The van der Waals surface area contributed by atoms with Gasteiger partial charge in [0.15, 0.2) is 0 Å². The van der Waals surface area contributed by atoms with Gasteiger partial charge in [-0.05, 0) is 0 Å². The molecule has 0 bridgehead atoms. The van der Waals surface area contributed by atoms with E-state index in [2.05, 4.69) is 50.3 Å².